The molecule has 106 valence electrons. The maximum atomic E-state index is 13.8. The third-order valence-electron chi connectivity index (χ3n) is 3.13. The van der Waals surface area contributed by atoms with Crippen LogP contribution in [-0.2, 0) is 4.74 Å². The molecule has 0 saturated carbocycles. The first-order valence-electron chi connectivity index (χ1n) is 6.35. The molecule has 2 rings (SSSR count). The van der Waals surface area contributed by atoms with Crippen molar-refractivity contribution in [2.45, 2.75) is 25.9 Å². The minimum Gasteiger partial charge on any atom is -0.377 e. The Kier molecular flexibility index (Phi) is 4.49. The summed E-state index contributed by atoms with van der Waals surface area (Å²) in [5.74, 6) is 3.62. The second-order valence-corrected chi connectivity index (χ2v) is 4.43. The van der Waals surface area contributed by atoms with E-state index in [1.807, 2.05) is 6.92 Å². The van der Waals surface area contributed by atoms with Crippen LogP contribution >= 0.6 is 0 Å². The molecule has 1 fully saturated rings. The summed E-state index contributed by atoms with van der Waals surface area (Å²) in [6, 6.07) is 0.793. The number of piperidine rings is 1. The first-order chi connectivity index (χ1) is 9.15. The maximum Gasteiger partial charge on any atom is 0.178 e. The number of ether oxygens (including phenoxy) is 1. The van der Waals surface area contributed by atoms with Gasteiger partial charge in [-0.3, -0.25) is 0 Å². The van der Waals surface area contributed by atoms with Crippen LogP contribution in [-0.4, -0.2) is 30.8 Å². The van der Waals surface area contributed by atoms with Crippen LogP contribution in [0.5, 0.6) is 0 Å². The monoisotopic (exact) mass is 272 g/mol. The van der Waals surface area contributed by atoms with Crippen molar-refractivity contribution in [3.63, 3.8) is 0 Å². The number of pyridine rings is 1. The number of nitrogens with zero attached hydrogens (tertiary/aromatic N) is 2. The van der Waals surface area contributed by atoms with Crippen molar-refractivity contribution >= 4 is 11.6 Å². The van der Waals surface area contributed by atoms with E-state index in [9.17, 15) is 8.78 Å². The van der Waals surface area contributed by atoms with Gasteiger partial charge in [-0.1, -0.05) is 0 Å². The molecule has 1 aromatic rings. The summed E-state index contributed by atoms with van der Waals surface area (Å²) in [5, 5.41) is 0. The van der Waals surface area contributed by atoms with Crippen LogP contribution in [0.25, 0.3) is 0 Å². The molecule has 1 atom stereocenters. The minimum atomic E-state index is -0.804. The molecule has 0 aliphatic carbocycles. The second kappa shape index (κ2) is 6.12. The average Bonchev–Trinajstić information content (AvgIpc) is 2.39. The Labute approximate surface area is 110 Å². The highest BCUT2D eigenvalue weighted by Gasteiger charge is 2.24. The molecule has 3 N–H and O–H groups in total. The van der Waals surface area contributed by atoms with Crippen molar-refractivity contribution < 1.29 is 13.5 Å². The molecule has 0 aromatic carbocycles. The molecule has 0 amide bonds. The van der Waals surface area contributed by atoms with Gasteiger partial charge in [-0.05, 0) is 19.8 Å². The van der Waals surface area contributed by atoms with Crippen LogP contribution in [0.3, 0.4) is 0 Å². The predicted molar refractivity (Wildman–Crippen MR) is 68.8 cm³/mol. The molecule has 5 nitrogen and oxygen atoms in total. The van der Waals surface area contributed by atoms with E-state index in [4.69, 9.17) is 10.6 Å². The Morgan fingerprint density at radius 2 is 2.32 bits per heavy atom. The molecule has 0 radical (unpaired) electrons. The van der Waals surface area contributed by atoms with Crippen LogP contribution in [0.15, 0.2) is 6.07 Å². The molecular formula is C12H18F2N4O. The number of anilines is 2. The van der Waals surface area contributed by atoms with Crippen LogP contribution in [0, 0.1) is 11.6 Å². The summed E-state index contributed by atoms with van der Waals surface area (Å²) < 4.78 is 32.7. The average molecular weight is 272 g/mol. The minimum absolute atomic E-state index is 0.0549. The largest absolute Gasteiger partial charge is 0.377 e. The molecule has 1 aromatic heterocycles. The Hall–Kier alpha value is -1.47. The topological polar surface area (TPSA) is 63.4 Å². The first-order valence-corrected chi connectivity index (χ1v) is 6.35. The summed E-state index contributed by atoms with van der Waals surface area (Å²) in [6.07, 6.45) is 1.88. The molecule has 1 aliphatic heterocycles. The predicted octanol–water partition coefficient (Wildman–Crippen LogP) is 1.65. The van der Waals surface area contributed by atoms with Gasteiger partial charge in [-0.2, -0.15) is 0 Å². The molecule has 1 saturated heterocycles. The number of nitrogens with two attached hydrogens (primary N) is 1. The number of halogens is 2. The van der Waals surface area contributed by atoms with E-state index < -0.39 is 11.6 Å². The standard InChI is InChI=1S/C12H18F2N4O/c1-2-19-8-4-3-5-18(7-8)12-10(14)6-9(13)11(16-12)17-15/h6,8H,2-5,7,15H2,1H3,(H,16,17). The SMILES string of the molecule is CCOC1CCCN(c2nc(NN)c(F)cc2F)C1. The van der Waals surface area contributed by atoms with E-state index in [1.54, 1.807) is 4.90 Å². The van der Waals surface area contributed by atoms with Gasteiger partial charge in [0.05, 0.1) is 6.10 Å². The van der Waals surface area contributed by atoms with Gasteiger partial charge in [0, 0.05) is 25.8 Å². The van der Waals surface area contributed by atoms with Crippen LogP contribution < -0.4 is 16.2 Å². The van der Waals surface area contributed by atoms with E-state index in [0.29, 0.717) is 19.7 Å². The lowest BCUT2D eigenvalue weighted by molar-refractivity contribution is 0.0524. The Balaban J connectivity index is 2.20. The summed E-state index contributed by atoms with van der Waals surface area (Å²) in [6.45, 7) is 3.76. The summed E-state index contributed by atoms with van der Waals surface area (Å²) in [5.41, 5.74) is 2.13. The highest BCUT2D eigenvalue weighted by atomic mass is 19.1. The highest BCUT2D eigenvalue weighted by Crippen LogP contribution is 2.25. The Morgan fingerprint density at radius 3 is 3.00 bits per heavy atom. The van der Waals surface area contributed by atoms with Gasteiger partial charge in [0.25, 0.3) is 0 Å². The molecule has 1 aliphatic rings. The Morgan fingerprint density at radius 1 is 1.53 bits per heavy atom. The van der Waals surface area contributed by atoms with Crippen molar-refractivity contribution in [3.05, 3.63) is 17.7 Å². The zero-order valence-electron chi connectivity index (χ0n) is 10.8. The number of hydrazine groups is 1. The quantitative estimate of drug-likeness (QED) is 0.644. The number of aromatic nitrogens is 1. The van der Waals surface area contributed by atoms with E-state index in [-0.39, 0.29) is 17.7 Å². The maximum absolute atomic E-state index is 13.8. The van der Waals surface area contributed by atoms with Gasteiger partial charge >= 0.3 is 0 Å². The molecule has 0 bridgehead atoms. The lowest BCUT2D eigenvalue weighted by Crippen LogP contribution is -2.40. The van der Waals surface area contributed by atoms with Crippen molar-refractivity contribution in [3.8, 4) is 0 Å². The van der Waals surface area contributed by atoms with Crippen molar-refractivity contribution in [1.29, 1.82) is 0 Å². The highest BCUT2D eigenvalue weighted by molar-refractivity contribution is 5.49. The van der Waals surface area contributed by atoms with E-state index in [0.717, 1.165) is 18.9 Å². The lowest BCUT2D eigenvalue weighted by Gasteiger charge is -2.33. The first kappa shape index (κ1) is 14.0. The number of hydrogen-bond acceptors (Lipinski definition) is 5. The molecule has 7 heteroatoms. The smallest absolute Gasteiger partial charge is 0.178 e. The molecule has 1 unspecified atom stereocenters. The van der Waals surface area contributed by atoms with E-state index >= 15 is 0 Å². The van der Waals surface area contributed by atoms with Crippen LogP contribution in [0.2, 0.25) is 0 Å². The number of rotatable bonds is 4. The molecular weight excluding hydrogens is 254 g/mol. The van der Waals surface area contributed by atoms with Gasteiger partial charge < -0.3 is 15.1 Å². The number of hydrogen-bond donors (Lipinski definition) is 2. The lowest BCUT2D eigenvalue weighted by atomic mass is 10.1. The molecule has 2 heterocycles. The zero-order chi connectivity index (χ0) is 13.8. The summed E-state index contributed by atoms with van der Waals surface area (Å²) >= 11 is 0. The number of nitrogens with one attached hydrogen (secondary N) is 1. The van der Waals surface area contributed by atoms with Gasteiger partial charge in [0.2, 0.25) is 0 Å². The Bertz CT molecular complexity index is 442. The summed E-state index contributed by atoms with van der Waals surface area (Å²) in [7, 11) is 0. The van der Waals surface area contributed by atoms with Crippen molar-refractivity contribution in [2.75, 3.05) is 30.0 Å². The van der Waals surface area contributed by atoms with Gasteiger partial charge in [-0.15, -0.1) is 0 Å². The third-order valence-corrected chi connectivity index (χ3v) is 3.13. The van der Waals surface area contributed by atoms with E-state index in [2.05, 4.69) is 10.4 Å². The van der Waals surface area contributed by atoms with Gasteiger partial charge in [0.15, 0.2) is 23.3 Å². The normalized spacial score (nSPS) is 19.6. The fourth-order valence-corrected chi connectivity index (χ4v) is 2.28. The van der Waals surface area contributed by atoms with Crippen molar-refractivity contribution in [2.24, 2.45) is 5.84 Å². The van der Waals surface area contributed by atoms with Crippen LogP contribution in [0.1, 0.15) is 19.8 Å². The van der Waals surface area contributed by atoms with Crippen LogP contribution in [0.4, 0.5) is 20.4 Å². The molecule has 19 heavy (non-hydrogen) atoms. The fourth-order valence-electron chi connectivity index (χ4n) is 2.28. The van der Waals surface area contributed by atoms with Crippen molar-refractivity contribution in [1.82, 2.24) is 4.98 Å². The number of nitrogen functional groups attached to an aromatic ring is 1. The van der Waals surface area contributed by atoms with Gasteiger partial charge in [-0.25, -0.2) is 19.6 Å². The third kappa shape index (κ3) is 3.10. The summed E-state index contributed by atoms with van der Waals surface area (Å²) in [4.78, 5) is 5.66. The second-order valence-electron chi connectivity index (χ2n) is 4.43. The zero-order valence-corrected chi connectivity index (χ0v) is 10.8. The molecule has 0 spiro atoms. The fraction of sp³-hybridized carbons (Fsp3) is 0.583. The van der Waals surface area contributed by atoms with Gasteiger partial charge in [0.1, 0.15) is 0 Å². The van der Waals surface area contributed by atoms with E-state index in [1.165, 1.54) is 0 Å².